The van der Waals surface area contributed by atoms with E-state index in [2.05, 4.69) is 45.1 Å². The Balaban J connectivity index is 1.33. The highest BCUT2D eigenvalue weighted by Gasteiger charge is 2.22. The first-order valence-electron chi connectivity index (χ1n) is 11.7. The molecular formula is C25H34N6O. The lowest BCUT2D eigenvalue weighted by Gasteiger charge is -2.32. The molecule has 2 fully saturated rings. The number of pyridine rings is 2. The van der Waals surface area contributed by atoms with Crippen molar-refractivity contribution in [2.45, 2.75) is 57.6 Å². The van der Waals surface area contributed by atoms with Crippen LogP contribution in [0.2, 0.25) is 0 Å². The summed E-state index contributed by atoms with van der Waals surface area (Å²) in [5.41, 5.74) is 4.95. The first-order valence-corrected chi connectivity index (χ1v) is 11.7. The first kappa shape index (κ1) is 22.6. The lowest BCUT2D eigenvalue weighted by Crippen LogP contribution is -2.32. The topological polar surface area (TPSA) is 89.0 Å². The monoisotopic (exact) mass is 434 g/mol. The summed E-state index contributed by atoms with van der Waals surface area (Å²) in [5.74, 6) is 6.20. The fourth-order valence-electron chi connectivity index (χ4n) is 4.60. The number of nitrogens with zero attached hydrogens (tertiary/aromatic N) is 5. The number of aryl methyl sites for hydroxylation is 1. The van der Waals surface area contributed by atoms with Crippen LogP contribution in [0, 0.1) is 6.92 Å². The molecule has 2 aliphatic heterocycles. The van der Waals surface area contributed by atoms with Crippen molar-refractivity contribution >= 4 is 11.9 Å². The summed E-state index contributed by atoms with van der Waals surface area (Å²) < 4.78 is 5.74. The summed E-state index contributed by atoms with van der Waals surface area (Å²) >= 11 is 0. The minimum atomic E-state index is 0.207. The Labute approximate surface area is 190 Å². The van der Waals surface area contributed by atoms with Gasteiger partial charge >= 0.3 is 0 Å². The number of ether oxygens (including phenoxy) is 1. The van der Waals surface area contributed by atoms with Gasteiger partial charge in [0, 0.05) is 25.5 Å². The van der Waals surface area contributed by atoms with Crippen molar-refractivity contribution < 1.29 is 4.74 Å². The number of hydrogen-bond donors (Lipinski definition) is 1. The highest BCUT2D eigenvalue weighted by atomic mass is 16.5. The van der Waals surface area contributed by atoms with Crippen LogP contribution < -0.4 is 5.84 Å². The molecule has 7 nitrogen and oxygen atoms in total. The standard InChI is InChI=1S/C25H34N6O/c1-19-14-21(20-8-11-31(12-9-20)18-22-6-2-4-10-28-22)15-29-25(19)24(30-26)17-27-16-23-7-3-5-13-32-23/h2,4,6,10,14-15,17,20,23H,3,5,7-9,11-13,16,18,26H2,1H3/b27-17?,30-24+. The van der Waals surface area contributed by atoms with Crippen molar-refractivity contribution in [3.63, 3.8) is 0 Å². The summed E-state index contributed by atoms with van der Waals surface area (Å²) in [4.78, 5) is 16.2. The molecule has 4 rings (SSSR count). The first-order chi connectivity index (χ1) is 15.7. The van der Waals surface area contributed by atoms with Crippen LogP contribution in [-0.2, 0) is 11.3 Å². The molecule has 0 bridgehead atoms. The SMILES string of the molecule is Cc1cc(C2CCN(Cc3ccccn3)CC2)cnc1/C(C=NCC1CCCCO1)=N/N. The minimum Gasteiger partial charge on any atom is -0.376 e. The Bertz CT molecular complexity index is 915. The number of piperidine rings is 1. The lowest BCUT2D eigenvalue weighted by molar-refractivity contribution is 0.0226. The second-order valence-electron chi connectivity index (χ2n) is 8.80. The highest BCUT2D eigenvalue weighted by Crippen LogP contribution is 2.29. The summed E-state index contributed by atoms with van der Waals surface area (Å²) in [6, 6.07) is 8.36. The molecule has 0 radical (unpaired) electrons. The van der Waals surface area contributed by atoms with E-state index < -0.39 is 0 Å². The predicted octanol–water partition coefficient (Wildman–Crippen LogP) is 3.47. The van der Waals surface area contributed by atoms with E-state index in [-0.39, 0.29) is 6.10 Å². The van der Waals surface area contributed by atoms with Gasteiger partial charge in [-0.05, 0) is 81.3 Å². The van der Waals surface area contributed by atoms with Crippen molar-refractivity contribution in [1.82, 2.24) is 14.9 Å². The average Bonchev–Trinajstić information content (AvgIpc) is 2.84. The van der Waals surface area contributed by atoms with Gasteiger partial charge in [-0.25, -0.2) is 0 Å². The number of likely N-dealkylation sites (tertiary alicyclic amines) is 1. The quantitative estimate of drug-likeness (QED) is 0.409. The van der Waals surface area contributed by atoms with Gasteiger partial charge in [-0.15, -0.1) is 0 Å². The van der Waals surface area contributed by atoms with E-state index in [9.17, 15) is 0 Å². The Morgan fingerprint density at radius 1 is 1.22 bits per heavy atom. The molecule has 32 heavy (non-hydrogen) atoms. The van der Waals surface area contributed by atoms with Crippen molar-refractivity contribution in [3.05, 3.63) is 59.2 Å². The fourth-order valence-corrected chi connectivity index (χ4v) is 4.60. The van der Waals surface area contributed by atoms with Gasteiger partial charge in [-0.1, -0.05) is 12.1 Å². The van der Waals surface area contributed by atoms with Crippen molar-refractivity contribution in [2.24, 2.45) is 15.9 Å². The molecule has 0 saturated carbocycles. The van der Waals surface area contributed by atoms with Crippen LogP contribution >= 0.6 is 0 Å². The summed E-state index contributed by atoms with van der Waals surface area (Å²) in [6.45, 7) is 6.63. The number of rotatable bonds is 7. The molecule has 1 unspecified atom stereocenters. The number of aromatic nitrogens is 2. The number of hydrazone groups is 1. The Kier molecular flexibility index (Phi) is 7.96. The zero-order chi connectivity index (χ0) is 22.2. The van der Waals surface area contributed by atoms with Crippen LogP contribution in [0.4, 0.5) is 0 Å². The normalized spacial score (nSPS) is 21.3. The zero-order valence-corrected chi connectivity index (χ0v) is 19.0. The maximum Gasteiger partial charge on any atom is 0.126 e. The highest BCUT2D eigenvalue weighted by molar-refractivity contribution is 6.37. The predicted molar refractivity (Wildman–Crippen MR) is 128 cm³/mol. The molecule has 4 heterocycles. The van der Waals surface area contributed by atoms with E-state index in [0.717, 1.165) is 68.9 Å². The molecule has 2 N–H and O–H groups in total. The second-order valence-corrected chi connectivity index (χ2v) is 8.80. The molecule has 0 amide bonds. The third-order valence-electron chi connectivity index (χ3n) is 6.45. The maximum absolute atomic E-state index is 5.74. The molecule has 2 aliphatic rings. The van der Waals surface area contributed by atoms with Crippen molar-refractivity contribution in [1.29, 1.82) is 0 Å². The van der Waals surface area contributed by atoms with Crippen LogP contribution in [0.15, 0.2) is 46.8 Å². The van der Waals surface area contributed by atoms with E-state index in [1.54, 1.807) is 6.21 Å². The van der Waals surface area contributed by atoms with Crippen LogP contribution in [0.3, 0.4) is 0 Å². The van der Waals surface area contributed by atoms with Gasteiger partial charge in [-0.2, -0.15) is 5.10 Å². The molecule has 0 aliphatic carbocycles. The number of hydrogen-bond acceptors (Lipinski definition) is 7. The van der Waals surface area contributed by atoms with Crippen molar-refractivity contribution in [2.75, 3.05) is 26.2 Å². The zero-order valence-electron chi connectivity index (χ0n) is 19.0. The second kappa shape index (κ2) is 11.3. The average molecular weight is 435 g/mol. The van der Waals surface area contributed by atoms with Gasteiger partial charge in [0.25, 0.3) is 0 Å². The smallest absolute Gasteiger partial charge is 0.126 e. The molecule has 0 aromatic carbocycles. The van der Waals surface area contributed by atoms with Crippen LogP contribution in [0.1, 0.15) is 60.5 Å². The maximum atomic E-state index is 5.74. The number of aliphatic imine (C=N–C) groups is 1. The molecule has 2 aromatic rings. The van der Waals surface area contributed by atoms with Gasteiger partial charge in [0.2, 0.25) is 0 Å². The van der Waals surface area contributed by atoms with Gasteiger partial charge in [0.1, 0.15) is 5.71 Å². The molecule has 0 spiro atoms. The molecular weight excluding hydrogens is 400 g/mol. The van der Waals surface area contributed by atoms with Crippen LogP contribution in [-0.4, -0.2) is 59.1 Å². The van der Waals surface area contributed by atoms with Crippen LogP contribution in [0.5, 0.6) is 0 Å². The Morgan fingerprint density at radius 3 is 2.78 bits per heavy atom. The summed E-state index contributed by atoms with van der Waals surface area (Å²) in [6.07, 6.45) is 11.5. The van der Waals surface area contributed by atoms with E-state index >= 15 is 0 Å². The molecule has 2 saturated heterocycles. The van der Waals surface area contributed by atoms with E-state index in [0.29, 0.717) is 18.2 Å². The summed E-state index contributed by atoms with van der Waals surface area (Å²) in [5, 5.41) is 3.95. The van der Waals surface area contributed by atoms with E-state index in [4.69, 9.17) is 15.6 Å². The fraction of sp³-hybridized carbons (Fsp3) is 0.520. The largest absolute Gasteiger partial charge is 0.376 e. The third kappa shape index (κ3) is 5.99. The van der Waals surface area contributed by atoms with Crippen LogP contribution in [0.25, 0.3) is 0 Å². The number of nitrogens with two attached hydrogens (primary N) is 1. The summed E-state index contributed by atoms with van der Waals surface area (Å²) in [7, 11) is 0. The van der Waals surface area contributed by atoms with E-state index in [1.807, 2.05) is 18.5 Å². The lowest BCUT2D eigenvalue weighted by atomic mass is 9.89. The Hall–Kier alpha value is -2.64. The van der Waals surface area contributed by atoms with Gasteiger partial charge in [-0.3, -0.25) is 19.9 Å². The molecule has 2 aromatic heterocycles. The van der Waals surface area contributed by atoms with Crippen molar-refractivity contribution in [3.8, 4) is 0 Å². The molecule has 170 valence electrons. The van der Waals surface area contributed by atoms with E-state index in [1.165, 1.54) is 12.0 Å². The van der Waals surface area contributed by atoms with Gasteiger partial charge < -0.3 is 10.6 Å². The third-order valence-corrected chi connectivity index (χ3v) is 6.45. The Morgan fingerprint density at radius 2 is 2.09 bits per heavy atom. The molecule has 1 atom stereocenters. The van der Waals surface area contributed by atoms with Gasteiger partial charge in [0.15, 0.2) is 0 Å². The molecule has 7 heteroatoms. The minimum absolute atomic E-state index is 0.207. The van der Waals surface area contributed by atoms with Gasteiger partial charge in [0.05, 0.1) is 30.3 Å².